The maximum absolute atomic E-state index is 13.0. The van der Waals surface area contributed by atoms with Gasteiger partial charge in [0, 0.05) is 48.2 Å². The number of amides is 1. The zero-order chi connectivity index (χ0) is 19.6. The molecule has 6 nitrogen and oxygen atoms in total. The summed E-state index contributed by atoms with van der Waals surface area (Å²) < 4.78 is 6.31. The minimum Gasteiger partial charge on any atom is -0.379 e. The van der Waals surface area contributed by atoms with Crippen molar-refractivity contribution in [3.63, 3.8) is 0 Å². The minimum atomic E-state index is -0.0518. The molecule has 4 aliphatic rings. The molecule has 29 heavy (non-hydrogen) atoms. The number of morpholine rings is 1. The molecule has 1 amide bonds. The maximum Gasteiger partial charge on any atom is 0.271 e. The SMILES string of the molecule is O=C(N[C@H]1CN2CCC1CC2)c1nccc2c(C#CCN3CCOCC3)csc12. The van der Waals surface area contributed by atoms with Gasteiger partial charge < -0.3 is 15.0 Å². The van der Waals surface area contributed by atoms with Crippen LogP contribution in [0, 0.1) is 17.8 Å². The van der Waals surface area contributed by atoms with Crippen molar-refractivity contribution in [2.75, 3.05) is 52.5 Å². The molecule has 2 bridgehead atoms. The molecule has 2 aromatic rings. The summed E-state index contributed by atoms with van der Waals surface area (Å²) in [6.07, 6.45) is 4.10. The summed E-state index contributed by atoms with van der Waals surface area (Å²) in [4.78, 5) is 22.2. The quantitative estimate of drug-likeness (QED) is 0.782. The third-order valence-corrected chi connectivity index (χ3v) is 7.31. The van der Waals surface area contributed by atoms with Crippen molar-refractivity contribution in [3.05, 3.63) is 28.9 Å². The lowest BCUT2D eigenvalue weighted by Crippen LogP contribution is -2.57. The molecule has 0 spiro atoms. The fourth-order valence-corrected chi connectivity index (χ4v) is 5.57. The number of hydrogen-bond acceptors (Lipinski definition) is 6. The second-order valence-corrected chi connectivity index (χ2v) is 8.97. The number of hydrogen-bond donors (Lipinski definition) is 1. The predicted octanol–water partition coefficient (Wildman–Crippen LogP) is 1.80. The van der Waals surface area contributed by atoms with Crippen molar-refractivity contribution < 1.29 is 9.53 Å². The molecule has 4 fully saturated rings. The lowest BCUT2D eigenvalue weighted by molar-refractivity contribution is 0.0443. The third kappa shape index (κ3) is 4.03. The van der Waals surface area contributed by atoms with Crippen LogP contribution in [0.4, 0.5) is 0 Å². The van der Waals surface area contributed by atoms with Gasteiger partial charge in [-0.1, -0.05) is 11.8 Å². The molecule has 6 rings (SSSR count). The molecule has 0 radical (unpaired) electrons. The van der Waals surface area contributed by atoms with E-state index in [0.29, 0.717) is 11.6 Å². The molecule has 6 heterocycles. The summed E-state index contributed by atoms with van der Waals surface area (Å²) in [7, 11) is 0. The van der Waals surface area contributed by atoms with Crippen LogP contribution in [-0.4, -0.2) is 79.2 Å². The van der Waals surface area contributed by atoms with Gasteiger partial charge in [0.2, 0.25) is 0 Å². The van der Waals surface area contributed by atoms with Crippen LogP contribution in [0.5, 0.6) is 0 Å². The Bertz CT molecular complexity index is 949. The van der Waals surface area contributed by atoms with Crippen molar-refractivity contribution in [1.82, 2.24) is 20.1 Å². The second kappa shape index (κ2) is 8.41. The first-order chi connectivity index (χ1) is 14.3. The van der Waals surface area contributed by atoms with Crippen molar-refractivity contribution in [1.29, 1.82) is 0 Å². The van der Waals surface area contributed by atoms with Crippen LogP contribution < -0.4 is 5.32 Å². The fourth-order valence-electron chi connectivity index (χ4n) is 4.59. The van der Waals surface area contributed by atoms with Crippen LogP contribution >= 0.6 is 11.3 Å². The summed E-state index contributed by atoms with van der Waals surface area (Å²) in [5.41, 5.74) is 1.52. The van der Waals surface area contributed by atoms with Gasteiger partial charge in [0.1, 0.15) is 5.69 Å². The number of thiophene rings is 1. The number of nitrogens with zero attached hydrogens (tertiary/aromatic N) is 3. The van der Waals surface area contributed by atoms with Crippen molar-refractivity contribution in [2.45, 2.75) is 18.9 Å². The van der Waals surface area contributed by atoms with Crippen LogP contribution in [0.15, 0.2) is 17.6 Å². The molecule has 0 aliphatic carbocycles. The zero-order valence-corrected chi connectivity index (χ0v) is 17.3. The Labute approximate surface area is 175 Å². The first-order valence-corrected chi connectivity index (χ1v) is 11.3. The molecule has 0 saturated carbocycles. The van der Waals surface area contributed by atoms with E-state index in [1.807, 2.05) is 11.4 Å². The highest BCUT2D eigenvalue weighted by Crippen LogP contribution is 2.30. The number of nitrogens with one attached hydrogen (secondary N) is 1. The fraction of sp³-hybridized carbons (Fsp3) is 0.545. The Kier molecular flexibility index (Phi) is 5.51. The molecule has 0 unspecified atom stereocenters. The molecule has 4 saturated heterocycles. The Morgan fingerprint density at radius 2 is 2.10 bits per heavy atom. The Hall–Kier alpha value is -1.98. The number of aromatic nitrogens is 1. The van der Waals surface area contributed by atoms with Gasteiger partial charge in [-0.2, -0.15) is 0 Å². The summed E-state index contributed by atoms with van der Waals surface area (Å²) in [6, 6.07) is 2.21. The Balaban J connectivity index is 1.31. The van der Waals surface area contributed by atoms with Gasteiger partial charge in [-0.15, -0.1) is 11.3 Å². The second-order valence-electron chi connectivity index (χ2n) is 8.09. The van der Waals surface area contributed by atoms with E-state index in [4.69, 9.17) is 4.74 Å². The van der Waals surface area contributed by atoms with Crippen LogP contribution in [0.2, 0.25) is 0 Å². The molecule has 2 aromatic heterocycles. The lowest BCUT2D eigenvalue weighted by atomic mass is 9.84. The highest BCUT2D eigenvalue weighted by molar-refractivity contribution is 7.17. The Morgan fingerprint density at radius 3 is 2.86 bits per heavy atom. The average molecular weight is 411 g/mol. The van der Waals surface area contributed by atoms with Gasteiger partial charge in [-0.25, -0.2) is 4.98 Å². The van der Waals surface area contributed by atoms with E-state index in [2.05, 4.69) is 31.9 Å². The first kappa shape index (κ1) is 19.0. The van der Waals surface area contributed by atoms with Crippen molar-refractivity contribution in [3.8, 4) is 11.8 Å². The highest BCUT2D eigenvalue weighted by atomic mass is 32.1. The monoisotopic (exact) mass is 410 g/mol. The molecule has 0 aromatic carbocycles. The van der Waals surface area contributed by atoms with Gasteiger partial charge in [-0.3, -0.25) is 9.69 Å². The zero-order valence-electron chi connectivity index (χ0n) is 16.5. The van der Waals surface area contributed by atoms with Crippen LogP contribution in [0.25, 0.3) is 10.1 Å². The molecule has 1 atom stereocenters. The van der Waals surface area contributed by atoms with Gasteiger partial charge in [0.15, 0.2) is 0 Å². The molecule has 7 heteroatoms. The number of fused-ring (bicyclic) bond motifs is 4. The summed E-state index contributed by atoms with van der Waals surface area (Å²) in [5.74, 6) is 7.13. The topological polar surface area (TPSA) is 57.7 Å². The standard InChI is InChI=1S/C22H26N4O2S/c27-22(24-19-14-26-8-4-16(19)5-9-26)20-21-18(3-6-23-20)17(15-29-21)2-1-7-25-10-12-28-13-11-25/h3,6,15-16,19H,4-5,7-14H2,(H,24,27)/t19-/m0/s1. The molecular formula is C22H26N4O2S. The van der Waals surface area contributed by atoms with E-state index in [1.54, 1.807) is 17.5 Å². The highest BCUT2D eigenvalue weighted by Gasteiger charge is 2.35. The molecule has 1 N–H and O–H groups in total. The van der Waals surface area contributed by atoms with E-state index in [1.165, 1.54) is 25.9 Å². The number of ether oxygens (including phenoxy) is 1. The number of piperidine rings is 3. The molecular weight excluding hydrogens is 384 g/mol. The number of rotatable bonds is 3. The molecule has 4 aliphatic heterocycles. The maximum atomic E-state index is 13.0. The number of carbonyl (C=O) groups excluding carboxylic acids is 1. The van der Waals surface area contributed by atoms with Crippen LogP contribution in [-0.2, 0) is 4.74 Å². The van der Waals surface area contributed by atoms with E-state index < -0.39 is 0 Å². The van der Waals surface area contributed by atoms with Gasteiger partial charge >= 0.3 is 0 Å². The predicted molar refractivity (Wildman–Crippen MR) is 114 cm³/mol. The summed E-state index contributed by atoms with van der Waals surface area (Å²) in [6.45, 7) is 7.50. The van der Waals surface area contributed by atoms with E-state index in [0.717, 1.165) is 55.0 Å². The number of pyridine rings is 1. The largest absolute Gasteiger partial charge is 0.379 e. The van der Waals surface area contributed by atoms with Crippen LogP contribution in [0.1, 0.15) is 28.9 Å². The van der Waals surface area contributed by atoms with Gasteiger partial charge in [-0.05, 0) is 37.9 Å². The third-order valence-electron chi connectivity index (χ3n) is 6.31. The normalized spacial score (nSPS) is 26.8. The Morgan fingerprint density at radius 1 is 1.28 bits per heavy atom. The van der Waals surface area contributed by atoms with E-state index in [-0.39, 0.29) is 11.9 Å². The van der Waals surface area contributed by atoms with Gasteiger partial charge in [0.25, 0.3) is 5.91 Å². The van der Waals surface area contributed by atoms with E-state index >= 15 is 0 Å². The number of carbonyl (C=O) groups is 1. The first-order valence-electron chi connectivity index (χ1n) is 10.5. The average Bonchev–Trinajstić information content (AvgIpc) is 3.18. The minimum absolute atomic E-state index is 0.0518. The lowest BCUT2D eigenvalue weighted by Gasteiger charge is -2.44. The van der Waals surface area contributed by atoms with E-state index in [9.17, 15) is 4.79 Å². The smallest absolute Gasteiger partial charge is 0.271 e. The summed E-state index contributed by atoms with van der Waals surface area (Å²) >= 11 is 1.56. The van der Waals surface area contributed by atoms with Crippen molar-refractivity contribution in [2.24, 2.45) is 5.92 Å². The molecule has 152 valence electrons. The summed E-state index contributed by atoms with van der Waals surface area (Å²) in [5, 5.41) is 6.33. The van der Waals surface area contributed by atoms with Gasteiger partial charge in [0.05, 0.1) is 24.5 Å². The van der Waals surface area contributed by atoms with Crippen LogP contribution in [0.3, 0.4) is 0 Å². The van der Waals surface area contributed by atoms with Crippen molar-refractivity contribution >= 4 is 27.3 Å².